The fourth-order valence-electron chi connectivity index (χ4n) is 3.72. The van der Waals surface area contributed by atoms with E-state index in [9.17, 15) is 13.2 Å². The van der Waals surface area contributed by atoms with E-state index in [4.69, 9.17) is 9.47 Å². The zero-order valence-electron chi connectivity index (χ0n) is 18.1. The lowest BCUT2D eigenvalue weighted by atomic mass is 10.0. The largest absolute Gasteiger partial charge is 0.496 e. The fourth-order valence-corrected chi connectivity index (χ4v) is 4.63. The van der Waals surface area contributed by atoms with Gasteiger partial charge in [-0.25, -0.2) is 13.1 Å². The van der Waals surface area contributed by atoms with Crippen LogP contribution in [0, 0.1) is 0 Å². The van der Waals surface area contributed by atoms with Gasteiger partial charge in [-0.3, -0.25) is 9.69 Å². The summed E-state index contributed by atoms with van der Waals surface area (Å²) in [5.41, 5.74) is 1.43. The van der Waals surface area contributed by atoms with Crippen molar-refractivity contribution in [3.05, 3.63) is 53.6 Å². The first-order valence-electron chi connectivity index (χ1n) is 10.1. The number of sulfonamides is 1. The van der Waals surface area contributed by atoms with Crippen molar-refractivity contribution in [3.63, 3.8) is 0 Å². The topological polar surface area (TPSA) is 97.0 Å². The first-order chi connectivity index (χ1) is 14.9. The summed E-state index contributed by atoms with van der Waals surface area (Å²) in [6, 6.07) is 12.4. The first-order valence-corrected chi connectivity index (χ1v) is 11.6. The molecule has 1 amide bonds. The normalized spacial score (nSPS) is 15.5. The molecular weight excluding hydrogens is 418 g/mol. The van der Waals surface area contributed by atoms with E-state index in [1.165, 1.54) is 26.3 Å². The highest BCUT2D eigenvalue weighted by molar-refractivity contribution is 7.89. The van der Waals surface area contributed by atoms with Crippen molar-refractivity contribution in [2.75, 3.05) is 34.4 Å². The summed E-state index contributed by atoms with van der Waals surface area (Å²) in [4.78, 5) is 15.0. The van der Waals surface area contributed by atoms with Crippen molar-refractivity contribution in [1.82, 2.24) is 14.9 Å². The van der Waals surface area contributed by atoms with Gasteiger partial charge in [-0.15, -0.1) is 0 Å². The van der Waals surface area contributed by atoms with Crippen molar-refractivity contribution >= 4 is 15.9 Å². The summed E-state index contributed by atoms with van der Waals surface area (Å²) in [6.45, 7) is 2.50. The Kier molecular flexibility index (Phi) is 7.53. The Morgan fingerprint density at radius 2 is 1.74 bits per heavy atom. The fraction of sp³-hybridized carbons (Fsp3) is 0.409. The van der Waals surface area contributed by atoms with Crippen LogP contribution in [-0.2, 0) is 16.6 Å². The Hall–Kier alpha value is -2.62. The number of hydrogen-bond donors (Lipinski definition) is 2. The third-order valence-electron chi connectivity index (χ3n) is 5.49. The van der Waals surface area contributed by atoms with E-state index in [2.05, 4.69) is 21.0 Å². The molecule has 0 atom stereocenters. The molecular formula is C22H29N3O5S. The number of piperidine rings is 1. The predicted molar refractivity (Wildman–Crippen MR) is 118 cm³/mol. The number of ether oxygens (including phenoxy) is 2. The second kappa shape index (κ2) is 10.1. The second-order valence-corrected chi connectivity index (χ2v) is 9.26. The number of likely N-dealkylation sites (tertiary alicyclic amines) is 1. The van der Waals surface area contributed by atoms with Gasteiger partial charge >= 0.3 is 0 Å². The number of amides is 1. The number of nitrogens with one attached hydrogen (secondary N) is 2. The van der Waals surface area contributed by atoms with Crippen LogP contribution < -0.4 is 19.5 Å². The van der Waals surface area contributed by atoms with E-state index in [0.717, 1.165) is 43.8 Å². The zero-order valence-corrected chi connectivity index (χ0v) is 18.9. The quantitative estimate of drug-likeness (QED) is 0.643. The number of carbonyl (C=O) groups is 1. The highest BCUT2D eigenvalue weighted by atomic mass is 32.2. The molecule has 31 heavy (non-hydrogen) atoms. The lowest BCUT2D eigenvalue weighted by Gasteiger charge is -2.32. The van der Waals surface area contributed by atoms with Crippen LogP contribution in [-0.4, -0.2) is 59.6 Å². The van der Waals surface area contributed by atoms with Gasteiger partial charge < -0.3 is 14.8 Å². The van der Waals surface area contributed by atoms with E-state index in [0.29, 0.717) is 0 Å². The van der Waals surface area contributed by atoms with Crippen LogP contribution in [0.25, 0.3) is 0 Å². The molecule has 0 spiro atoms. The SMILES string of the molecule is CNS(=O)(=O)c1cc(C(=O)NC2CCN(Cc3ccccc3OC)CC2)ccc1OC. The van der Waals surface area contributed by atoms with E-state index in [1.54, 1.807) is 13.2 Å². The van der Waals surface area contributed by atoms with E-state index < -0.39 is 10.0 Å². The highest BCUT2D eigenvalue weighted by Crippen LogP contribution is 2.25. The molecule has 1 fully saturated rings. The Labute approximate surface area is 183 Å². The molecule has 0 aromatic heterocycles. The van der Waals surface area contributed by atoms with Crippen LogP contribution in [0.15, 0.2) is 47.4 Å². The van der Waals surface area contributed by atoms with Gasteiger partial charge in [0, 0.05) is 36.8 Å². The average Bonchev–Trinajstić information content (AvgIpc) is 2.80. The monoisotopic (exact) mass is 447 g/mol. The van der Waals surface area contributed by atoms with E-state index >= 15 is 0 Å². The van der Waals surface area contributed by atoms with Crippen LogP contribution in [0.5, 0.6) is 11.5 Å². The molecule has 2 N–H and O–H groups in total. The maximum Gasteiger partial charge on any atom is 0.251 e. The van der Waals surface area contributed by atoms with Gasteiger partial charge in [-0.2, -0.15) is 0 Å². The molecule has 0 aliphatic carbocycles. The summed E-state index contributed by atoms with van der Waals surface area (Å²) in [6.07, 6.45) is 1.64. The molecule has 1 heterocycles. The molecule has 9 heteroatoms. The van der Waals surface area contributed by atoms with Gasteiger partial charge in [-0.1, -0.05) is 18.2 Å². The van der Waals surface area contributed by atoms with Crippen LogP contribution in [0.4, 0.5) is 0 Å². The number of nitrogens with zero attached hydrogens (tertiary/aromatic N) is 1. The molecule has 2 aromatic rings. The third-order valence-corrected chi connectivity index (χ3v) is 6.93. The predicted octanol–water partition coefficient (Wildman–Crippen LogP) is 2.01. The van der Waals surface area contributed by atoms with Crippen molar-refractivity contribution < 1.29 is 22.7 Å². The number of carbonyl (C=O) groups excluding carboxylic acids is 1. The summed E-state index contributed by atoms with van der Waals surface area (Å²) in [5.74, 6) is 0.777. The minimum Gasteiger partial charge on any atom is -0.496 e. The molecule has 1 saturated heterocycles. The molecule has 0 unspecified atom stereocenters. The molecule has 8 nitrogen and oxygen atoms in total. The Morgan fingerprint density at radius 1 is 1.06 bits per heavy atom. The number of methoxy groups -OCH3 is 2. The number of benzene rings is 2. The molecule has 0 radical (unpaired) electrons. The van der Waals surface area contributed by atoms with Crippen LogP contribution in [0.1, 0.15) is 28.8 Å². The summed E-state index contributed by atoms with van der Waals surface area (Å²) >= 11 is 0. The number of hydrogen-bond acceptors (Lipinski definition) is 6. The van der Waals surface area contributed by atoms with Crippen molar-refractivity contribution in [2.45, 2.75) is 30.3 Å². The lowest BCUT2D eigenvalue weighted by molar-refractivity contribution is 0.0908. The molecule has 1 aliphatic rings. The third kappa shape index (κ3) is 5.55. The summed E-state index contributed by atoms with van der Waals surface area (Å²) in [7, 11) is 0.640. The van der Waals surface area contributed by atoms with Gasteiger partial charge in [0.1, 0.15) is 16.4 Å². The first kappa shape index (κ1) is 23.1. The van der Waals surface area contributed by atoms with Gasteiger partial charge in [0.15, 0.2) is 0 Å². The summed E-state index contributed by atoms with van der Waals surface area (Å²) in [5, 5.41) is 3.03. The Bertz CT molecular complexity index is 1020. The summed E-state index contributed by atoms with van der Waals surface area (Å²) < 4.78 is 37.3. The standard InChI is InChI=1S/C22H29N3O5S/c1-23-31(27,28)21-14-16(8-9-20(21)30-3)22(26)24-18-10-12-25(13-11-18)15-17-6-4-5-7-19(17)29-2/h4-9,14,18,23H,10-13,15H2,1-3H3,(H,24,26). The molecule has 2 aromatic carbocycles. The molecule has 168 valence electrons. The van der Waals surface area contributed by atoms with Crippen LogP contribution >= 0.6 is 0 Å². The van der Waals surface area contributed by atoms with Crippen molar-refractivity contribution in [3.8, 4) is 11.5 Å². The van der Waals surface area contributed by atoms with E-state index in [-0.39, 0.29) is 28.2 Å². The Morgan fingerprint density at radius 3 is 2.39 bits per heavy atom. The Balaban J connectivity index is 1.61. The second-order valence-electron chi connectivity index (χ2n) is 7.41. The van der Waals surface area contributed by atoms with Crippen molar-refractivity contribution in [1.29, 1.82) is 0 Å². The maximum absolute atomic E-state index is 12.7. The maximum atomic E-state index is 12.7. The zero-order chi connectivity index (χ0) is 22.4. The molecule has 0 bridgehead atoms. The van der Waals surface area contributed by atoms with Gasteiger partial charge in [0.2, 0.25) is 10.0 Å². The molecule has 1 aliphatic heterocycles. The molecule has 0 saturated carbocycles. The average molecular weight is 448 g/mol. The van der Waals surface area contributed by atoms with Gasteiger partial charge in [0.25, 0.3) is 5.91 Å². The highest BCUT2D eigenvalue weighted by Gasteiger charge is 2.24. The van der Waals surface area contributed by atoms with E-state index in [1.807, 2.05) is 18.2 Å². The van der Waals surface area contributed by atoms with Gasteiger partial charge in [-0.05, 0) is 44.2 Å². The molecule has 3 rings (SSSR count). The number of para-hydroxylation sites is 1. The number of rotatable bonds is 8. The van der Waals surface area contributed by atoms with Gasteiger partial charge in [0.05, 0.1) is 14.2 Å². The lowest BCUT2D eigenvalue weighted by Crippen LogP contribution is -2.44. The van der Waals surface area contributed by atoms with Crippen LogP contribution in [0.3, 0.4) is 0 Å². The minimum absolute atomic E-state index is 0.0351. The van der Waals surface area contributed by atoms with Crippen LogP contribution in [0.2, 0.25) is 0 Å². The smallest absolute Gasteiger partial charge is 0.251 e. The minimum atomic E-state index is -3.74. The van der Waals surface area contributed by atoms with Crippen molar-refractivity contribution in [2.24, 2.45) is 0 Å².